The Bertz CT molecular complexity index is 397. The van der Waals surface area contributed by atoms with E-state index in [4.69, 9.17) is 5.11 Å². The first kappa shape index (κ1) is 16.0. The highest BCUT2D eigenvalue weighted by atomic mass is 32.2. The average molecular weight is 283 g/mol. The maximum absolute atomic E-state index is 11.8. The van der Waals surface area contributed by atoms with Crippen molar-refractivity contribution >= 4 is 17.7 Å². The maximum atomic E-state index is 11.8. The molecule has 1 atom stereocenters. The van der Waals surface area contributed by atoms with Crippen LogP contribution in [0.25, 0.3) is 0 Å². The van der Waals surface area contributed by atoms with Crippen molar-refractivity contribution in [2.45, 2.75) is 25.4 Å². The molecule has 1 aromatic rings. The second-order valence-electron chi connectivity index (χ2n) is 4.65. The normalized spacial score (nSPS) is 14.3. The van der Waals surface area contributed by atoms with Gasteiger partial charge >= 0.3 is 5.97 Å². The topological polar surface area (TPSA) is 69.6 Å². The SMILES string of the molecule is CC(C)NC(CSCCO)(C(=O)O)c1ccccc1. The molecule has 3 N–H and O–H groups in total. The Morgan fingerprint density at radius 1 is 1.37 bits per heavy atom. The summed E-state index contributed by atoms with van der Waals surface area (Å²) < 4.78 is 0. The number of thioether (sulfide) groups is 1. The monoisotopic (exact) mass is 283 g/mol. The van der Waals surface area contributed by atoms with Crippen LogP contribution in [0, 0.1) is 0 Å². The smallest absolute Gasteiger partial charge is 0.329 e. The van der Waals surface area contributed by atoms with E-state index in [1.165, 1.54) is 11.8 Å². The Morgan fingerprint density at radius 2 is 2.00 bits per heavy atom. The first-order chi connectivity index (χ1) is 9.03. The molecule has 0 bridgehead atoms. The Balaban J connectivity index is 3.08. The lowest BCUT2D eigenvalue weighted by Gasteiger charge is -2.33. The third-order valence-corrected chi connectivity index (χ3v) is 3.83. The van der Waals surface area contributed by atoms with Crippen molar-refractivity contribution in [3.63, 3.8) is 0 Å². The van der Waals surface area contributed by atoms with Crippen LogP contribution in [0.4, 0.5) is 0 Å². The van der Waals surface area contributed by atoms with Gasteiger partial charge in [-0.15, -0.1) is 0 Å². The van der Waals surface area contributed by atoms with Gasteiger partial charge in [-0.1, -0.05) is 30.3 Å². The van der Waals surface area contributed by atoms with Crippen molar-refractivity contribution in [3.8, 4) is 0 Å². The molecule has 0 aliphatic rings. The molecule has 0 aliphatic heterocycles. The summed E-state index contributed by atoms with van der Waals surface area (Å²) in [5.74, 6) is 0.0186. The summed E-state index contributed by atoms with van der Waals surface area (Å²) in [6, 6.07) is 9.24. The first-order valence-corrected chi connectivity index (χ1v) is 7.43. The molecule has 0 amide bonds. The number of aliphatic hydroxyl groups is 1. The molecule has 1 unspecified atom stereocenters. The van der Waals surface area contributed by atoms with Crippen LogP contribution in [0.1, 0.15) is 19.4 Å². The molecule has 0 aliphatic carbocycles. The first-order valence-electron chi connectivity index (χ1n) is 6.28. The summed E-state index contributed by atoms with van der Waals surface area (Å²) in [4.78, 5) is 11.8. The number of carboxylic acid groups (broad SMARTS) is 1. The van der Waals surface area contributed by atoms with Gasteiger partial charge in [0, 0.05) is 17.5 Å². The Morgan fingerprint density at radius 3 is 2.47 bits per heavy atom. The van der Waals surface area contributed by atoms with Crippen LogP contribution < -0.4 is 5.32 Å². The molecule has 0 saturated heterocycles. The molecule has 0 spiro atoms. The second kappa shape index (κ2) is 7.53. The summed E-state index contributed by atoms with van der Waals surface area (Å²) >= 11 is 1.43. The lowest BCUT2D eigenvalue weighted by molar-refractivity contribution is -0.144. The molecule has 0 aromatic heterocycles. The zero-order chi connectivity index (χ0) is 14.3. The largest absolute Gasteiger partial charge is 0.480 e. The minimum absolute atomic E-state index is 0.0473. The molecule has 0 radical (unpaired) electrons. The van der Waals surface area contributed by atoms with Gasteiger partial charge in [0.25, 0.3) is 0 Å². The van der Waals surface area contributed by atoms with Gasteiger partial charge in [0.15, 0.2) is 5.54 Å². The number of hydrogen-bond donors (Lipinski definition) is 3. The molecule has 0 fully saturated rings. The summed E-state index contributed by atoms with van der Waals surface area (Å²) in [6.45, 7) is 3.91. The molecule has 0 saturated carbocycles. The highest BCUT2D eigenvalue weighted by Crippen LogP contribution is 2.27. The van der Waals surface area contributed by atoms with Crippen LogP contribution >= 0.6 is 11.8 Å². The van der Waals surface area contributed by atoms with Crippen LogP contribution in [-0.2, 0) is 10.3 Å². The predicted octanol–water partition coefficient (Wildman–Crippen LogP) is 1.69. The quantitative estimate of drug-likeness (QED) is 0.633. The number of benzene rings is 1. The number of rotatable bonds is 8. The van der Waals surface area contributed by atoms with E-state index in [9.17, 15) is 9.90 Å². The van der Waals surface area contributed by atoms with E-state index in [2.05, 4.69) is 5.32 Å². The number of carbonyl (C=O) groups is 1. The molecule has 1 rings (SSSR count). The van der Waals surface area contributed by atoms with Crippen molar-refractivity contribution in [3.05, 3.63) is 35.9 Å². The molecule has 1 aromatic carbocycles. The lowest BCUT2D eigenvalue weighted by Crippen LogP contribution is -2.54. The van der Waals surface area contributed by atoms with E-state index in [0.717, 1.165) is 5.56 Å². The van der Waals surface area contributed by atoms with E-state index in [1.54, 1.807) is 0 Å². The van der Waals surface area contributed by atoms with Crippen molar-refractivity contribution in [2.75, 3.05) is 18.1 Å². The maximum Gasteiger partial charge on any atom is 0.329 e. The Kier molecular flexibility index (Phi) is 6.34. The van der Waals surface area contributed by atoms with E-state index < -0.39 is 11.5 Å². The summed E-state index contributed by atoms with van der Waals surface area (Å²) in [5, 5.41) is 21.7. The number of carboxylic acids is 1. The van der Waals surface area contributed by atoms with Crippen LogP contribution in [0.2, 0.25) is 0 Å². The Labute approximate surface area is 118 Å². The molecule has 5 heteroatoms. The van der Waals surface area contributed by atoms with Crippen LogP contribution in [0.15, 0.2) is 30.3 Å². The summed E-state index contributed by atoms with van der Waals surface area (Å²) in [5.41, 5.74) is -0.378. The fraction of sp³-hybridized carbons (Fsp3) is 0.500. The molecular weight excluding hydrogens is 262 g/mol. The number of aliphatic hydroxyl groups excluding tert-OH is 1. The molecule has 0 heterocycles. The van der Waals surface area contributed by atoms with Crippen LogP contribution in [0.5, 0.6) is 0 Å². The third kappa shape index (κ3) is 4.23. The standard InChI is InChI=1S/C14H21NO3S/c1-11(2)15-14(13(17)18,10-19-9-8-16)12-6-4-3-5-7-12/h3-7,11,15-16H,8-10H2,1-2H3,(H,17,18). The zero-order valence-electron chi connectivity index (χ0n) is 11.3. The highest BCUT2D eigenvalue weighted by Gasteiger charge is 2.40. The van der Waals surface area contributed by atoms with Crippen LogP contribution in [0.3, 0.4) is 0 Å². The second-order valence-corrected chi connectivity index (χ2v) is 5.76. The number of hydrogen-bond acceptors (Lipinski definition) is 4. The lowest BCUT2D eigenvalue weighted by atomic mass is 9.91. The van der Waals surface area contributed by atoms with E-state index in [-0.39, 0.29) is 12.6 Å². The van der Waals surface area contributed by atoms with E-state index in [0.29, 0.717) is 11.5 Å². The third-order valence-electron chi connectivity index (χ3n) is 2.72. The fourth-order valence-corrected chi connectivity index (χ4v) is 2.91. The van der Waals surface area contributed by atoms with Gasteiger partial charge in [0.1, 0.15) is 0 Å². The van der Waals surface area contributed by atoms with Gasteiger partial charge < -0.3 is 10.2 Å². The molecular formula is C14H21NO3S. The van der Waals surface area contributed by atoms with Crippen molar-refractivity contribution in [1.82, 2.24) is 5.32 Å². The minimum Gasteiger partial charge on any atom is -0.480 e. The van der Waals surface area contributed by atoms with Gasteiger partial charge in [-0.2, -0.15) is 11.8 Å². The molecule has 19 heavy (non-hydrogen) atoms. The van der Waals surface area contributed by atoms with E-state index in [1.807, 2.05) is 44.2 Å². The Hall–Kier alpha value is -1.04. The van der Waals surface area contributed by atoms with E-state index >= 15 is 0 Å². The van der Waals surface area contributed by atoms with Gasteiger partial charge in [-0.25, -0.2) is 4.79 Å². The summed E-state index contributed by atoms with van der Waals surface area (Å²) in [7, 11) is 0. The molecule has 4 nitrogen and oxygen atoms in total. The number of aliphatic carboxylic acids is 1. The van der Waals surface area contributed by atoms with Gasteiger partial charge in [0.2, 0.25) is 0 Å². The van der Waals surface area contributed by atoms with Gasteiger partial charge in [0.05, 0.1) is 6.61 Å². The average Bonchev–Trinajstić information content (AvgIpc) is 2.38. The van der Waals surface area contributed by atoms with Crippen molar-refractivity contribution < 1.29 is 15.0 Å². The minimum atomic E-state index is -1.12. The van der Waals surface area contributed by atoms with Crippen LogP contribution in [-0.4, -0.2) is 40.3 Å². The summed E-state index contributed by atoms with van der Waals surface area (Å²) in [6.07, 6.45) is 0. The van der Waals surface area contributed by atoms with Gasteiger partial charge in [-0.05, 0) is 19.4 Å². The fourth-order valence-electron chi connectivity index (χ4n) is 1.96. The van der Waals surface area contributed by atoms with Crippen molar-refractivity contribution in [1.29, 1.82) is 0 Å². The molecule has 106 valence electrons. The zero-order valence-corrected chi connectivity index (χ0v) is 12.1. The van der Waals surface area contributed by atoms with Gasteiger partial charge in [-0.3, -0.25) is 5.32 Å². The van der Waals surface area contributed by atoms with Crippen molar-refractivity contribution in [2.24, 2.45) is 0 Å². The highest BCUT2D eigenvalue weighted by molar-refractivity contribution is 7.99. The number of nitrogens with one attached hydrogen (secondary N) is 1. The predicted molar refractivity (Wildman–Crippen MR) is 78.4 cm³/mol.